The quantitative estimate of drug-likeness (QED) is 0.852. The molecule has 0 saturated heterocycles. The molecule has 0 aliphatic carbocycles. The molecule has 6 nitrogen and oxygen atoms in total. The zero-order valence-electron chi connectivity index (χ0n) is 11.9. The van der Waals surface area contributed by atoms with Crippen molar-refractivity contribution in [2.24, 2.45) is 0 Å². The van der Waals surface area contributed by atoms with Crippen LogP contribution in [0, 0.1) is 6.92 Å². The van der Waals surface area contributed by atoms with E-state index in [2.05, 4.69) is 5.10 Å². The molecule has 0 radical (unpaired) electrons. The van der Waals surface area contributed by atoms with Gasteiger partial charge in [-0.1, -0.05) is 24.3 Å². The maximum absolute atomic E-state index is 11.7. The maximum atomic E-state index is 11.7. The predicted molar refractivity (Wildman–Crippen MR) is 75.4 cm³/mol. The number of hydrogen-bond donors (Lipinski definition) is 1. The Balaban J connectivity index is 2.34. The van der Waals surface area contributed by atoms with Crippen molar-refractivity contribution in [3.05, 3.63) is 52.8 Å². The molecule has 6 heteroatoms. The van der Waals surface area contributed by atoms with Crippen molar-refractivity contribution in [2.75, 3.05) is 6.61 Å². The van der Waals surface area contributed by atoms with Crippen LogP contribution in [0.25, 0.3) is 0 Å². The molecule has 0 spiro atoms. The lowest BCUT2D eigenvalue weighted by Crippen LogP contribution is -2.11. The molecular formula is C15H16N2O4. The number of aromatic carboxylic acids is 1. The largest absolute Gasteiger partial charge is 0.478 e. The monoisotopic (exact) mass is 288 g/mol. The van der Waals surface area contributed by atoms with Crippen molar-refractivity contribution in [3.63, 3.8) is 0 Å². The smallest absolute Gasteiger partial charge is 0.359 e. The average molecular weight is 288 g/mol. The van der Waals surface area contributed by atoms with Gasteiger partial charge in [0.2, 0.25) is 0 Å². The molecule has 0 bridgehead atoms. The number of hydrogen-bond acceptors (Lipinski definition) is 4. The van der Waals surface area contributed by atoms with Gasteiger partial charge < -0.3 is 9.84 Å². The van der Waals surface area contributed by atoms with Crippen LogP contribution in [0.15, 0.2) is 30.5 Å². The van der Waals surface area contributed by atoms with Gasteiger partial charge in [0, 0.05) is 6.20 Å². The molecule has 1 aromatic carbocycles. The van der Waals surface area contributed by atoms with Gasteiger partial charge in [0.15, 0.2) is 5.69 Å². The third-order valence-corrected chi connectivity index (χ3v) is 3.05. The van der Waals surface area contributed by atoms with Crippen LogP contribution in [0.5, 0.6) is 0 Å². The molecule has 0 amide bonds. The Labute approximate surface area is 122 Å². The fourth-order valence-corrected chi connectivity index (χ4v) is 1.97. The lowest BCUT2D eigenvalue weighted by atomic mass is 10.1. The van der Waals surface area contributed by atoms with E-state index in [0.29, 0.717) is 6.54 Å². The van der Waals surface area contributed by atoms with Gasteiger partial charge in [0.25, 0.3) is 0 Å². The molecule has 0 aliphatic rings. The second kappa shape index (κ2) is 6.21. The predicted octanol–water partition coefficient (Wildman–Crippen LogP) is 2.11. The van der Waals surface area contributed by atoms with Gasteiger partial charge in [0.1, 0.15) is 5.56 Å². The summed E-state index contributed by atoms with van der Waals surface area (Å²) in [6, 6.07) is 7.72. The second-order valence-corrected chi connectivity index (χ2v) is 4.54. The Morgan fingerprint density at radius 1 is 1.33 bits per heavy atom. The number of benzene rings is 1. The van der Waals surface area contributed by atoms with Gasteiger partial charge >= 0.3 is 11.9 Å². The standard InChI is InChI=1S/C15H16N2O4/c1-3-21-15(20)13-12(14(18)19)9-17(16-13)8-11-7-5-4-6-10(11)2/h4-7,9H,3,8H2,1-2H3,(H,18,19). The van der Waals surface area contributed by atoms with Crippen molar-refractivity contribution in [1.29, 1.82) is 0 Å². The fraction of sp³-hybridized carbons (Fsp3) is 0.267. The summed E-state index contributed by atoms with van der Waals surface area (Å²) in [6.45, 7) is 4.18. The van der Waals surface area contributed by atoms with Crippen LogP contribution in [-0.4, -0.2) is 33.4 Å². The summed E-state index contributed by atoms with van der Waals surface area (Å²) in [5.41, 5.74) is 1.76. The number of carboxylic acids is 1. The Morgan fingerprint density at radius 3 is 2.67 bits per heavy atom. The summed E-state index contributed by atoms with van der Waals surface area (Å²) < 4.78 is 6.27. The molecule has 2 rings (SSSR count). The van der Waals surface area contributed by atoms with Crippen molar-refractivity contribution in [3.8, 4) is 0 Å². The Hall–Kier alpha value is -2.63. The van der Waals surface area contributed by atoms with Crippen LogP contribution in [-0.2, 0) is 11.3 Å². The zero-order chi connectivity index (χ0) is 15.4. The molecule has 0 saturated carbocycles. The van der Waals surface area contributed by atoms with E-state index in [4.69, 9.17) is 9.84 Å². The van der Waals surface area contributed by atoms with Crippen LogP contribution < -0.4 is 0 Å². The summed E-state index contributed by atoms with van der Waals surface area (Å²) in [5.74, 6) is -1.92. The van der Waals surface area contributed by atoms with E-state index in [0.717, 1.165) is 11.1 Å². The summed E-state index contributed by atoms with van der Waals surface area (Å²) in [4.78, 5) is 22.9. The van der Waals surface area contributed by atoms with E-state index in [1.807, 2.05) is 31.2 Å². The number of nitrogens with zero attached hydrogens (tertiary/aromatic N) is 2. The lowest BCUT2D eigenvalue weighted by molar-refractivity contribution is 0.0507. The molecule has 110 valence electrons. The molecule has 1 heterocycles. The Bertz CT molecular complexity index is 676. The van der Waals surface area contributed by atoms with E-state index in [1.165, 1.54) is 10.9 Å². The van der Waals surface area contributed by atoms with Gasteiger partial charge in [0.05, 0.1) is 13.2 Å². The summed E-state index contributed by atoms with van der Waals surface area (Å²) in [5, 5.41) is 13.2. The number of rotatable bonds is 5. The number of carbonyl (C=O) groups is 2. The normalized spacial score (nSPS) is 10.4. The molecule has 21 heavy (non-hydrogen) atoms. The highest BCUT2D eigenvalue weighted by atomic mass is 16.5. The molecule has 0 unspecified atom stereocenters. The van der Waals surface area contributed by atoms with Gasteiger partial charge in [-0.15, -0.1) is 0 Å². The van der Waals surface area contributed by atoms with Crippen molar-refractivity contribution in [1.82, 2.24) is 9.78 Å². The van der Waals surface area contributed by atoms with Crippen molar-refractivity contribution in [2.45, 2.75) is 20.4 Å². The van der Waals surface area contributed by atoms with Crippen LogP contribution in [0.3, 0.4) is 0 Å². The van der Waals surface area contributed by atoms with Gasteiger partial charge in [-0.3, -0.25) is 4.68 Å². The summed E-state index contributed by atoms with van der Waals surface area (Å²) >= 11 is 0. The Kier molecular flexibility index (Phi) is 4.37. The highest BCUT2D eigenvalue weighted by molar-refractivity contribution is 6.00. The van der Waals surface area contributed by atoms with E-state index < -0.39 is 11.9 Å². The SMILES string of the molecule is CCOC(=O)c1nn(Cc2ccccc2C)cc1C(=O)O. The van der Waals surface area contributed by atoms with Crippen LogP contribution in [0.1, 0.15) is 38.9 Å². The summed E-state index contributed by atoms with van der Waals surface area (Å²) in [6.07, 6.45) is 1.35. The average Bonchev–Trinajstić information content (AvgIpc) is 2.86. The Morgan fingerprint density at radius 2 is 2.05 bits per heavy atom. The summed E-state index contributed by atoms with van der Waals surface area (Å²) in [7, 11) is 0. The first-order chi connectivity index (χ1) is 10.0. The van der Waals surface area contributed by atoms with E-state index in [-0.39, 0.29) is 17.9 Å². The number of carboxylic acid groups (broad SMARTS) is 1. The topological polar surface area (TPSA) is 81.4 Å². The molecule has 0 atom stereocenters. The maximum Gasteiger partial charge on any atom is 0.359 e. The first-order valence-corrected chi connectivity index (χ1v) is 6.55. The van der Waals surface area contributed by atoms with Crippen LogP contribution in [0.2, 0.25) is 0 Å². The van der Waals surface area contributed by atoms with Crippen molar-refractivity contribution >= 4 is 11.9 Å². The molecular weight excluding hydrogens is 272 g/mol. The van der Waals surface area contributed by atoms with Crippen LogP contribution >= 0.6 is 0 Å². The zero-order valence-corrected chi connectivity index (χ0v) is 11.9. The van der Waals surface area contributed by atoms with E-state index in [9.17, 15) is 9.59 Å². The number of ether oxygens (including phenoxy) is 1. The van der Waals surface area contributed by atoms with E-state index >= 15 is 0 Å². The minimum absolute atomic E-state index is 0.151. The molecule has 1 aromatic heterocycles. The minimum Gasteiger partial charge on any atom is -0.478 e. The first kappa shape index (κ1) is 14.8. The third-order valence-electron chi connectivity index (χ3n) is 3.05. The fourth-order valence-electron chi connectivity index (χ4n) is 1.97. The van der Waals surface area contributed by atoms with Gasteiger partial charge in [-0.05, 0) is 25.0 Å². The number of aryl methyl sites for hydroxylation is 1. The van der Waals surface area contributed by atoms with Crippen molar-refractivity contribution < 1.29 is 19.4 Å². The lowest BCUT2D eigenvalue weighted by Gasteiger charge is -2.05. The second-order valence-electron chi connectivity index (χ2n) is 4.54. The molecule has 0 aliphatic heterocycles. The van der Waals surface area contributed by atoms with Crippen LogP contribution in [0.4, 0.5) is 0 Å². The van der Waals surface area contributed by atoms with Gasteiger partial charge in [-0.25, -0.2) is 9.59 Å². The number of carbonyl (C=O) groups excluding carboxylic acids is 1. The van der Waals surface area contributed by atoms with E-state index in [1.54, 1.807) is 6.92 Å². The highest BCUT2D eigenvalue weighted by Crippen LogP contribution is 2.13. The first-order valence-electron chi connectivity index (χ1n) is 6.55. The third kappa shape index (κ3) is 3.28. The molecule has 0 fully saturated rings. The molecule has 2 aromatic rings. The highest BCUT2D eigenvalue weighted by Gasteiger charge is 2.22. The number of aromatic nitrogens is 2. The minimum atomic E-state index is -1.20. The van der Waals surface area contributed by atoms with Gasteiger partial charge in [-0.2, -0.15) is 5.10 Å². The number of esters is 1. The molecule has 1 N–H and O–H groups in total.